The van der Waals surface area contributed by atoms with Gasteiger partial charge in [0.25, 0.3) is 5.91 Å². The molecule has 19 heavy (non-hydrogen) atoms. The van der Waals surface area contributed by atoms with E-state index < -0.39 is 17.9 Å². The van der Waals surface area contributed by atoms with Crippen LogP contribution in [0.2, 0.25) is 0 Å². The molecule has 0 aromatic carbocycles. The maximum Gasteiger partial charge on any atom is 0.311 e. The Labute approximate surface area is 110 Å². The summed E-state index contributed by atoms with van der Waals surface area (Å²) in [4.78, 5) is 25.0. The molecule has 0 saturated carbocycles. The summed E-state index contributed by atoms with van der Waals surface area (Å²) in [7, 11) is 0. The van der Waals surface area contributed by atoms with Gasteiger partial charge in [-0.2, -0.15) is 0 Å². The monoisotopic (exact) mass is 268 g/mol. The maximum absolute atomic E-state index is 12.3. The molecule has 0 radical (unpaired) electrons. The Kier molecular flexibility index (Phi) is 4.16. The Morgan fingerprint density at radius 1 is 1.53 bits per heavy atom. The van der Waals surface area contributed by atoms with Crippen LogP contribution in [0.4, 0.5) is 0 Å². The highest BCUT2D eigenvalue weighted by Gasteiger charge is 2.40. The van der Waals surface area contributed by atoms with Crippen LogP contribution in [0.1, 0.15) is 23.8 Å². The van der Waals surface area contributed by atoms with Gasteiger partial charge in [-0.05, 0) is 6.42 Å². The molecule has 0 aliphatic carbocycles. The van der Waals surface area contributed by atoms with Gasteiger partial charge in [0.1, 0.15) is 12.2 Å². The van der Waals surface area contributed by atoms with E-state index in [0.717, 1.165) is 6.42 Å². The van der Waals surface area contributed by atoms with Crippen LogP contribution in [0.15, 0.2) is 16.9 Å². The van der Waals surface area contributed by atoms with Crippen molar-refractivity contribution in [1.82, 2.24) is 10.1 Å². The fourth-order valence-electron chi connectivity index (χ4n) is 2.21. The number of amides is 1. The first-order chi connectivity index (χ1) is 9.15. The molecule has 2 atom stereocenters. The van der Waals surface area contributed by atoms with Gasteiger partial charge in [-0.25, -0.2) is 0 Å². The summed E-state index contributed by atoms with van der Waals surface area (Å²) in [5.74, 6) is -1.96. The second kappa shape index (κ2) is 5.83. The molecule has 1 aliphatic heterocycles. The van der Waals surface area contributed by atoms with Crippen molar-refractivity contribution >= 4 is 11.9 Å². The van der Waals surface area contributed by atoms with Crippen molar-refractivity contribution in [1.29, 1.82) is 0 Å². The van der Waals surface area contributed by atoms with Crippen molar-refractivity contribution < 1.29 is 24.0 Å². The number of aliphatic carboxylic acids is 1. The SMILES string of the molecule is CCCN(C(=O)c1ccon1)C1COCC1C(=O)O. The lowest BCUT2D eigenvalue weighted by molar-refractivity contribution is -0.142. The van der Waals surface area contributed by atoms with E-state index in [2.05, 4.69) is 9.68 Å². The van der Waals surface area contributed by atoms with Crippen LogP contribution in [0, 0.1) is 5.92 Å². The van der Waals surface area contributed by atoms with E-state index in [0.29, 0.717) is 6.54 Å². The minimum atomic E-state index is -0.948. The van der Waals surface area contributed by atoms with E-state index in [1.165, 1.54) is 17.2 Å². The number of hydrogen-bond acceptors (Lipinski definition) is 5. The van der Waals surface area contributed by atoms with Crippen LogP contribution >= 0.6 is 0 Å². The van der Waals surface area contributed by atoms with Crippen molar-refractivity contribution in [2.45, 2.75) is 19.4 Å². The predicted octanol–water partition coefficient (Wildman–Crippen LogP) is 0.626. The van der Waals surface area contributed by atoms with Gasteiger partial charge in [0.15, 0.2) is 5.69 Å². The number of nitrogens with zero attached hydrogens (tertiary/aromatic N) is 2. The average Bonchev–Trinajstić information content (AvgIpc) is 3.05. The van der Waals surface area contributed by atoms with Gasteiger partial charge in [-0.15, -0.1) is 0 Å². The minimum Gasteiger partial charge on any atom is -0.481 e. The van der Waals surface area contributed by atoms with Gasteiger partial charge in [0.2, 0.25) is 0 Å². The summed E-state index contributed by atoms with van der Waals surface area (Å²) < 4.78 is 9.86. The van der Waals surface area contributed by atoms with E-state index in [1.54, 1.807) is 0 Å². The van der Waals surface area contributed by atoms with Gasteiger partial charge in [-0.3, -0.25) is 9.59 Å². The predicted molar refractivity (Wildman–Crippen MR) is 63.6 cm³/mol. The zero-order valence-electron chi connectivity index (χ0n) is 10.6. The third-order valence-corrected chi connectivity index (χ3v) is 3.15. The van der Waals surface area contributed by atoms with Crippen molar-refractivity contribution in [2.24, 2.45) is 5.92 Å². The summed E-state index contributed by atoms with van der Waals surface area (Å²) >= 11 is 0. The summed E-state index contributed by atoms with van der Waals surface area (Å²) in [6, 6.07) is 1.01. The second-order valence-corrected chi connectivity index (χ2v) is 4.43. The van der Waals surface area contributed by atoms with Crippen LogP contribution in [0.25, 0.3) is 0 Å². The molecule has 104 valence electrons. The Morgan fingerprint density at radius 3 is 2.89 bits per heavy atom. The average molecular weight is 268 g/mol. The standard InChI is InChI=1S/C12H16N2O5/c1-2-4-14(11(15)9-3-5-19-13-9)10-7-18-6-8(10)12(16)17/h3,5,8,10H,2,4,6-7H2,1H3,(H,16,17). The fourth-order valence-corrected chi connectivity index (χ4v) is 2.21. The van der Waals surface area contributed by atoms with Crippen molar-refractivity contribution in [3.63, 3.8) is 0 Å². The van der Waals surface area contributed by atoms with Crippen molar-refractivity contribution in [3.05, 3.63) is 18.0 Å². The molecule has 2 heterocycles. The highest BCUT2D eigenvalue weighted by atomic mass is 16.5. The number of carboxylic acid groups (broad SMARTS) is 1. The summed E-state index contributed by atoms with van der Waals surface area (Å²) in [6.07, 6.45) is 2.05. The molecule has 2 rings (SSSR count). The molecule has 0 bridgehead atoms. The van der Waals surface area contributed by atoms with Crippen molar-refractivity contribution in [3.8, 4) is 0 Å². The summed E-state index contributed by atoms with van der Waals surface area (Å²) in [6.45, 7) is 2.75. The summed E-state index contributed by atoms with van der Waals surface area (Å²) in [5, 5.41) is 12.8. The molecule has 1 aliphatic rings. The van der Waals surface area contributed by atoms with Crippen LogP contribution in [0.5, 0.6) is 0 Å². The Hall–Kier alpha value is -1.89. The van der Waals surface area contributed by atoms with Crippen molar-refractivity contribution in [2.75, 3.05) is 19.8 Å². The number of aromatic nitrogens is 1. The van der Waals surface area contributed by atoms with E-state index in [1.807, 2.05) is 6.92 Å². The number of carboxylic acids is 1. The Morgan fingerprint density at radius 2 is 2.32 bits per heavy atom. The lowest BCUT2D eigenvalue weighted by Gasteiger charge is -2.29. The van der Waals surface area contributed by atoms with Crippen LogP contribution in [-0.2, 0) is 9.53 Å². The largest absolute Gasteiger partial charge is 0.481 e. The number of rotatable bonds is 5. The molecule has 1 amide bonds. The zero-order chi connectivity index (χ0) is 13.8. The quantitative estimate of drug-likeness (QED) is 0.841. The molecule has 1 aromatic heterocycles. The van der Waals surface area contributed by atoms with Gasteiger partial charge >= 0.3 is 5.97 Å². The number of ether oxygens (including phenoxy) is 1. The third-order valence-electron chi connectivity index (χ3n) is 3.15. The summed E-state index contributed by atoms with van der Waals surface area (Å²) in [5.41, 5.74) is 0.185. The topological polar surface area (TPSA) is 92.9 Å². The van der Waals surface area contributed by atoms with Gasteiger partial charge in [0.05, 0.1) is 19.3 Å². The van der Waals surface area contributed by atoms with E-state index >= 15 is 0 Å². The fraction of sp³-hybridized carbons (Fsp3) is 0.583. The first kappa shape index (κ1) is 13.5. The van der Waals surface area contributed by atoms with E-state index in [4.69, 9.17) is 9.84 Å². The van der Waals surface area contributed by atoms with Gasteiger partial charge < -0.3 is 19.3 Å². The molecular weight excluding hydrogens is 252 g/mol. The highest BCUT2D eigenvalue weighted by molar-refractivity contribution is 5.92. The van der Waals surface area contributed by atoms with Gasteiger partial charge in [0, 0.05) is 12.6 Å². The Balaban J connectivity index is 2.20. The molecule has 1 fully saturated rings. The van der Waals surface area contributed by atoms with Crippen LogP contribution < -0.4 is 0 Å². The van der Waals surface area contributed by atoms with E-state index in [-0.39, 0.29) is 24.8 Å². The maximum atomic E-state index is 12.3. The lowest BCUT2D eigenvalue weighted by Crippen LogP contribution is -2.47. The number of carbonyl (C=O) groups excluding carboxylic acids is 1. The normalized spacial score (nSPS) is 22.4. The first-order valence-electron chi connectivity index (χ1n) is 6.17. The molecule has 1 N–H and O–H groups in total. The lowest BCUT2D eigenvalue weighted by atomic mass is 10.0. The minimum absolute atomic E-state index is 0.131. The molecular formula is C12H16N2O5. The molecule has 1 saturated heterocycles. The zero-order valence-corrected chi connectivity index (χ0v) is 10.6. The Bertz CT molecular complexity index is 445. The number of carbonyl (C=O) groups is 2. The third kappa shape index (κ3) is 2.76. The highest BCUT2D eigenvalue weighted by Crippen LogP contribution is 2.22. The molecule has 7 nitrogen and oxygen atoms in total. The van der Waals surface area contributed by atoms with Gasteiger partial charge in [-0.1, -0.05) is 12.1 Å². The molecule has 1 aromatic rings. The number of hydrogen-bond donors (Lipinski definition) is 1. The van der Waals surface area contributed by atoms with E-state index in [9.17, 15) is 9.59 Å². The molecule has 2 unspecified atom stereocenters. The van der Waals surface area contributed by atoms with Crippen LogP contribution in [-0.4, -0.2) is 52.8 Å². The van der Waals surface area contributed by atoms with Crippen LogP contribution in [0.3, 0.4) is 0 Å². The molecule has 7 heteroatoms. The smallest absolute Gasteiger partial charge is 0.311 e. The second-order valence-electron chi connectivity index (χ2n) is 4.43. The first-order valence-corrected chi connectivity index (χ1v) is 6.17. The molecule has 0 spiro atoms.